The summed E-state index contributed by atoms with van der Waals surface area (Å²) in [6.45, 7) is 0. The zero-order chi connectivity index (χ0) is 10.8. The Balaban J connectivity index is 2.63. The van der Waals surface area contributed by atoms with E-state index in [9.17, 15) is 0 Å². The first kappa shape index (κ1) is 10.2. The molecule has 2 aromatic rings. The van der Waals surface area contributed by atoms with Crippen LogP contribution in [0.4, 0.5) is 0 Å². The van der Waals surface area contributed by atoms with Gasteiger partial charge in [-0.2, -0.15) is 0 Å². The van der Waals surface area contributed by atoms with E-state index in [1.165, 1.54) is 0 Å². The van der Waals surface area contributed by atoms with Crippen molar-refractivity contribution in [2.45, 2.75) is 6.42 Å². The van der Waals surface area contributed by atoms with Crippen molar-refractivity contribution in [3.05, 3.63) is 24.2 Å². The van der Waals surface area contributed by atoms with Crippen LogP contribution < -0.4 is 5.01 Å². The van der Waals surface area contributed by atoms with E-state index in [1.807, 2.05) is 35.9 Å². The SMILES string of the molecule is CN(C)n1c(CCCl)nc2cccnc21. The molecule has 2 heterocycles. The minimum absolute atomic E-state index is 0.567. The predicted molar refractivity (Wildman–Crippen MR) is 62.0 cm³/mol. The first-order valence-electron chi connectivity index (χ1n) is 4.80. The molecule has 80 valence electrons. The molecule has 5 heteroatoms. The van der Waals surface area contributed by atoms with Gasteiger partial charge in [0.15, 0.2) is 5.65 Å². The van der Waals surface area contributed by atoms with E-state index >= 15 is 0 Å². The average Bonchev–Trinajstić information content (AvgIpc) is 2.56. The van der Waals surface area contributed by atoms with Gasteiger partial charge in [0.25, 0.3) is 0 Å². The molecule has 0 aliphatic carbocycles. The number of hydrogen-bond acceptors (Lipinski definition) is 3. The van der Waals surface area contributed by atoms with E-state index < -0.39 is 0 Å². The smallest absolute Gasteiger partial charge is 0.179 e. The van der Waals surface area contributed by atoms with Gasteiger partial charge in [-0.3, -0.25) is 0 Å². The number of aromatic nitrogens is 3. The Hall–Kier alpha value is -1.29. The maximum Gasteiger partial charge on any atom is 0.179 e. The quantitative estimate of drug-likeness (QED) is 0.740. The predicted octanol–water partition coefficient (Wildman–Crippen LogP) is 1.41. The van der Waals surface area contributed by atoms with Crippen LogP contribution in [0.5, 0.6) is 0 Å². The first-order chi connectivity index (χ1) is 7.24. The lowest BCUT2D eigenvalue weighted by molar-refractivity contribution is 0.697. The molecule has 0 atom stereocenters. The molecule has 0 unspecified atom stereocenters. The molecule has 0 saturated heterocycles. The normalized spacial score (nSPS) is 10.9. The highest BCUT2D eigenvalue weighted by molar-refractivity contribution is 6.17. The third-order valence-corrected chi connectivity index (χ3v) is 2.37. The number of halogens is 1. The number of hydrogen-bond donors (Lipinski definition) is 0. The summed E-state index contributed by atoms with van der Waals surface area (Å²) in [5, 5.41) is 1.96. The fraction of sp³-hybridized carbons (Fsp3) is 0.400. The summed E-state index contributed by atoms with van der Waals surface area (Å²) in [6, 6.07) is 3.85. The molecule has 0 aliphatic heterocycles. The topological polar surface area (TPSA) is 34.0 Å². The van der Waals surface area contributed by atoms with Crippen molar-refractivity contribution in [3.63, 3.8) is 0 Å². The van der Waals surface area contributed by atoms with Gasteiger partial charge in [-0.05, 0) is 12.1 Å². The van der Waals surface area contributed by atoms with Crippen LogP contribution in [-0.4, -0.2) is 34.6 Å². The highest BCUT2D eigenvalue weighted by Gasteiger charge is 2.11. The second-order valence-electron chi connectivity index (χ2n) is 3.47. The van der Waals surface area contributed by atoms with Crippen molar-refractivity contribution in [2.75, 3.05) is 25.0 Å². The summed E-state index contributed by atoms with van der Waals surface area (Å²) in [7, 11) is 3.93. The van der Waals surface area contributed by atoms with Gasteiger partial charge in [0.05, 0.1) is 0 Å². The minimum atomic E-state index is 0.567. The van der Waals surface area contributed by atoms with Gasteiger partial charge in [0.1, 0.15) is 11.3 Å². The standard InChI is InChI=1S/C10H13ClN4/c1-14(2)15-9(5-6-11)13-8-4-3-7-12-10(8)15/h3-4,7H,5-6H2,1-2H3. The van der Waals surface area contributed by atoms with Crippen LogP contribution in [0.3, 0.4) is 0 Å². The Bertz CT molecular complexity index is 463. The van der Waals surface area contributed by atoms with Crippen molar-refractivity contribution in [1.82, 2.24) is 14.6 Å². The van der Waals surface area contributed by atoms with Crippen LogP contribution >= 0.6 is 11.6 Å². The maximum atomic E-state index is 5.75. The summed E-state index contributed by atoms with van der Waals surface area (Å²) < 4.78 is 1.98. The molecule has 0 aliphatic rings. The van der Waals surface area contributed by atoms with Crippen LogP contribution in [0.15, 0.2) is 18.3 Å². The maximum absolute atomic E-state index is 5.75. The highest BCUT2D eigenvalue weighted by atomic mass is 35.5. The van der Waals surface area contributed by atoms with E-state index in [2.05, 4.69) is 9.97 Å². The fourth-order valence-corrected chi connectivity index (χ4v) is 1.78. The van der Waals surface area contributed by atoms with Crippen LogP contribution in [-0.2, 0) is 6.42 Å². The van der Waals surface area contributed by atoms with Gasteiger partial charge in [0.2, 0.25) is 0 Å². The Morgan fingerprint density at radius 1 is 1.47 bits per heavy atom. The lowest BCUT2D eigenvalue weighted by Gasteiger charge is -2.16. The number of imidazole rings is 1. The lowest BCUT2D eigenvalue weighted by atomic mass is 10.4. The number of pyridine rings is 1. The van der Waals surface area contributed by atoms with Gasteiger partial charge < -0.3 is 5.01 Å². The molecule has 0 spiro atoms. The third-order valence-electron chi connectivity index (χ3n) is 2.18. The summed E-state index contributed by atoms with van der Waals surface area (Å²) in [5.74, 6) is 1.51. The Morgan fingerprint density at radius 2 is 2.27 bits per heavy atom. The Morgan fingerprint density at radius 3 is 2.93 bits per heavy atom. The second-order valence-corrected chi connectivity index (χ2v) is 3.85. The minimum Gasteiger partial charge on any atom is -0.316 e. The van der Waals surface area contributed by atoms with E-state index in [4.69, 9.17) is 11.6 Å². The molecular formula is C10H13ClN4. The summed E-state index contributed by atoms with van der Waals surface area (Å²) in [4.78, 5) is 8.82. The largest absolute Gasteiger partial charge is 0.316 e. The van der Waals surface area contributed by atoms with Gasteiger partial charge in [-0.15, -0.1) is 11.6 Å². The molecule has 0 aromatic carbocycles. The molecule has 0 saturated carbocycles. The van der Waals surface area contributed by atoms with Gasteiger partial charge in [-0.1, -0.05) is 0 Å². The summed E-state index contributed by atoms with van der Waals surface area (Å²) in [5.41, 5.74) is 1.79. The van der Waals surface area contributed by atoms with Crippen LogP contribution in [0.1, 0.15) is 5.82 Å². The molecule has 2 rings (SSSR count). The number of aryl methyl sites for hydroxylation is 1. The zero-order valence-electron chi connectivity index (χ0n) is 8.81. The third kappa shape index (κ3) is 1.77. The number of fused-ring (bicyclic) bond motifs is 1. The van der Waals surface area contributed by atoms with Crippen LogP contribution in [0.25, 0.3) is 11.2 Å². The number of rotatable bonds is 3. The van der Waals surface area contributed by atoms with Crippen molar-refractivity contribution in [3.8, 4) is 0 Å². The summed E-state index contributed by atoms with van der Waals surface area (Å²) >= 11 is 5.75. The molecule has 0 N–H and O–H groups in total. The Kier molecular flexibility index (Phi) is 2.77. The molecule has 0 radical (unpaired) electrons. The second kappa shape index (κ2) is 4.06. The Labute approximate surface area is 93.5 Å². The van der Waals surface area contributed by atoms with Crippen molar-refractivity contribution >= 4 is 22.8 Å². The van der Waals surface area contributed by atoms with Crippen LogP contribution in [0.2, 0.25) is 0 Å². The molecular weight excluding hydrogens is 212 g/mol. The highest BCUT2D eigenvalue weighted by Crippen LogP contribution is 2.13. The van der Waals surface area contributed by atoms with Crippen molar-refractivity contribution < 1.29 is 0 Å². The van der Waals surface area contributed by atoms with Gasteiger partial charge >= 0.3 is 0 Å². The average molecular weight is 225 g/mol. The van der Waals surface area contributed by atoms with E-state index in [0.29, 0.717) is 5.88 Å². The molecule has 15 heavy (non-hydrogen) atoms. The molecule has 0 bridgehead atoms. The van der Waals surface area contributed by atoms with E-state index in [1.54, 1.807) is 6.20 Å². The van der Waals surface area contributed by atoms with Crippen LogP contribution in [0, 0.1) is 0 Å². The summed E-state index contributed by atoms with van der Waals surface area (Å²) in [6.07, 6.45) is 2.52. The fourth-order valence-electron chi connectivity index (χ4n) is 1.61. The lowest BCUT2D eigenvalue weighted by Crippen LogP contribution is -2.27. The van der Waals surface area contributed by atoms with E-state index in [0.717, 1.165) is 23.4 Å². The van der Waals surface area contributed by atoms with Crippen molar-refractivity contribution in [2.24, 2.45) is 0 Å². The van der Waals surface area contributed by atoms with E-state index in [-0.39, 0.29) is 0 Å². The molecule has 2 aromatic heterocycles. The van der Waals surface area contributed by atoms with Gasteiger partial charge in [-0.25, -0.2) is 14.6 Å². The first-order valence-corrected chi connectivity index (χ1v) is 5.33. The number of nitrogens with zero attached hydrogens (tertiary/aromatic N) is 4. The zero-order valence-corrected chi connectivity index (χ0v) is 9.57. The van der Waals surface area contributed by atoms with Crippen molar-refractivity contribution in [1.29, 1.82) is 0 Å². The molecule has 4 nitrogen and oxygen atoms in total. The molecule has 0 fully saturated rings. The number of alkyl halides is 1. The molecule has 0 amide bonds. The monoisotopic (exact) mass is 224 g/mol. The van der Waals surface area contributed by atoms with Gasteiger partial charge in [0, 0.05) is 32.6 Å².